The third-order valence-corrected chi connectivity index (χ3v) is 14.8. The molecule has 2 aromatic heterocycles. The van der Waals surface area contributed by atoms with Crippen molar-refractivity contribution in [2.24, 2.45) is 0 Å². The van der Waals surface area contributed by atoms with Crippen LogP contribution in [0.4, 0.5) is 34.1 Å². The second kappa shape index (κ2) is 20.0. The molecule has 2 heterocycles. The molecule has 0 bridgehead atoms. The molecule has 0 aliphatic rings. The SMILES string of the molecule is [C-]#[N+]c1ccc(-c2ccc3c4ccc(-c5ccc(C#N)cc5[N+]#[C-])cc4n(-c4cc([N+]#[C-])c(-n5c6cc(-c7ccc(C#N)cc7[N+]#[C-])ccc6c6ccc(-c7ccc([N+]#[C-])cc7[N+]#[C-])cc65)cc4-c4cccc(C#N)c4)c3c2)c(C#N)c1. The summed E-state index contributed by atoms with van der Waals surface area (Å²) in [5, 5.41) is 43.7. The summed E-state index contributed by atoms with van der Waals surface area (Å²) in [7, 11) is 0. The first-order valence-corrected chi connectivity index (χ1v) is 25.0. The molecule has 0 fully saturated rings. The van der Waals surface area contributed by atoms with E-state index < -0.39 is 0 Å². The van der Waals surface area contributed by atoms with Crippen LogP contribution in [0.3, 0.4) is 0 Å². The van der Waals surface area contributed by atoms with Crippen LogP contribution in [0.2, 0.25) is 0 Å². The van der Waals surface area contributed by atoms with E-state index >= 15 is 0 Å². The molecule has 12 rings (SSSR count). The van der Waals surface area contributed by atoms with Gasteiger partial charge < -0.3 is 9.13 Å². The molecule has 12 aromatic rings. The van der Waals surface area contributed by atoms with Crippen molar-refractivity contribution in [2.45, 2.75) is 0 Å². The smallest absolute Gasteiger partial charge is 0.212 e. The van der Waals surface area contributed by atoms with Gasteiger partial charge in [-0.3, -0.25) is 0 Å². The molecule has 82 heavy (non-hydrogen) atoms. The third kappa shape index (κ3) is 8.09. The zero-order chi connectivity index (χ0) is 56.8. The predicted molar refractivity (Wildman–Crippen MR) is 319 cm³/mol. The molecule has 0 unspecified atom stereocenters. The first-order chi connectivity index (χ1) is 40.2. The van der Waals surface area contributed by atoms with Crippen LogP contribution < -0.4 is 0 Å². The third-order valence-electron chi connectivity index (χ3n) is 14.8. The fourth-order valence-corrected chi connectivity index (χ4v) is 11.0. The summed E-state index contributed by atoms with van der Waals surface area (Å²) in [6.07, 6.45) is 0. The molecule has 0 aliphatic heterocycles. The van der Waals surface area contributed by atoms with Crippen molar-refractivity contribution >= 4 is 77.7 Å². The Kier molecular flexibility index (Phi) is 12.1. The zero-order valence-electron chi connectivity index (χ0n) is 42.7. The normalized spacial score (nSPS) is 10.6. The maximum atomic E-state index is 10.4. The fraction of sp³-hybridized carbons (Fsp3) is 0. The lowest BCUT2D eigenvalue weighted by Crippen LogP contribution is -2.02. The number of hydrogen-bond donors (Lipinski definition) is 0. The standard InChI is InChI=1S/C70H30N12/c1-75-50-16-24-52(49(29-50)40-74)45-12-20-56-57-21-13-46(53-18-10-42(38-72)27-61(53)77-3)31-66(57)81(65(56)30-45)69-36-64(80-6)70(35-60(69)44-9-7-8-41(26-44)37-71)82-67-32-47(54-19-11-43(39-73)28-62(54)78-4)14-22-58(67)59-23-15-48(33-68(59)82)55-25-17-51(76-2)34-63(55)79-5/h7-36H. The van der Waals surface area contributed by atoms with Gasteiger partial charge in [-0.2, -0.15) is 21.0 Å². The van der Waals surface area contributed by atoms with Crippen LogP contribution in [0.25, 0.3) is 140 Å². The molecule has 12 heteroatoms. The van der Waals surface area contributed by atoms with Gasteiger partial charge in [0.2, 0.25) is 5.69 Å². The van der Waals surface area contributed by atoms with Crippen LogP contribution in [-0.4, -0.2) is 9.13 Å². The predicted octanol–water partition coefficient (Wildman–Crippen LogP) is 19.0. The van der Waals surface area contributed by atoms with Gasteiger partial charge in [-0.15, -0.1) is 0 Å². The molecule has 0 atom stereocenters. The van der Waals surface area contributed by atoms with Crippen molar-refractivity contribution in [3.63, 3.8) is 0 Å². The van der Waals surface area contributed by atoms with E-state index in [9.17, 15) is 21.0 Å². The van der Waals surface area contributed by atoms with Gasteiger partial charge >= 0.3 is 0 Å². The number of hydrogen-bond acceptors (Lipinski definition) is 4. The first kappa shape index (κ1) is 49.6. The van der Waals surface area contributed by atoms with Crippen LogP contribution in [0.15, 0.2) is 182 Å². The molecule has 10 aromatic carbocycles. The molecule has 370 valence electrons. The minimum Gasteiger partial charge on any atom is -0.319 e. The lowest BCUT2D eigenvalue weighted by atomic mass is 9.97. The Morgan fingerprint density at radius 3 is 1.15 bits per heavy atom. The molecule has 12 nitrogen and oxygen atoms in total. The highest BCUT2D eigenvalue weighted by atomic mass is 15.0. The zero-order valence-corrected chi connectivity index (χ0v) is 42.7. The van der Waals surface area contributed by atoms with Gasteiger partial charge in [0.1, 0.15) is 0 Å². The van der Waals surface area contributed by atoms with Gasteiger partial charge in [0.15, 0.2) is 28.4 Å². The van der Waals surface area contributed by atoms with Gasteiger partial charge in [-0.05, 0) is 129 Å². The molecular weight excluding hydrogens is 1010 g/mol. The molecule has 0 aliphatic carbocycles. The number of rotatable bonds is 7. The van der Waals surface area contributed by atoms with Crippen molar-refractivity contribution in [1.29, 1.82) is 21.0 Å². The molecule has 0 saturated heterocycles. The van der Waals surface area contributed by atoms with Crippen molar-refractivity contribution in [1.82, 2.24) is 9.13 Å². The van der Waals surface area contributed by atoms with E-state index in [0.29, 0.717) is 128 Å². The number of aromatic nitrogens is 2. The van der Waals surface area contributed by atoms with E-state index in [1.165, 1.54) is 0 Å². The van der Waals surface area contributed by atoms with E-state index in [4.69, 9.17) is 39.4 Å². The quantitative estimate of drug-likeness (QED) is 0.147. The molecule has 0 saturated carbocycles. The van der Waals surface area contributed by atoms with Crippen molar-refractivity contribution in [3.05, 3.63) is 273 Å². The van der Waals surface area contributed by atoms with Crippen LogP contribution in [0, 0.1) is 84.8 Å². The van der Waals surface area contributed by atoms with Crippen LogP contribution in [0.5, 0.6) is 0 Å². The number of nitriles is 4. The first-order valence-electron chi connectivity index (χ1n) is 25.0. The van der Waals surface area contributed by atoms with Gasteiger partial charge in [0, 0.05) is 49.5 Å². The Labute approximate surface area is 469 Å². The average molecular weight is 1040 g/mol. The van der Waals surface area contributed by atoms with Gasteiger partial charge in [0.05, 0.1) is 97.0 Å². The van der Waals surface area contributed by atoms with E-state index in [1.54, 1.807) is 91.0 Å². The second-order valence-corrected chi connectivity index (χ2v) is 19.1. The Balaban J connectivity index is 1.22. The summed E-state index contributed by atoms with van der Waals surface area (Å²) in [6.45, 7) is 48.8. The number of nitrogens with zero attached hydrogens (tertiary/aromatic N) is 12. The van der Waals surface area contributed by atoms with Crippen LogP contribution in [-0.2, 0) is 0 Å². The highest BCUT2D eigenvalue weighted by molar-refractivity contribution is 6.14. The summed E-state index contributed by atoms with van der Waals surface area (Å²) in [4.78, 5) is 22.9. The van der Waals surface area contributed by atoms with E-state index in [0.717, 1.165) is 21.5 Å². The van der Waals surface area contributed by atoms with Gasteiger partial charge in [0.25, 0.3) is 0 Å². The van der Waals surface area contributed by atoms with Gasteiger partial charge in [-0.25, -0.2) is 29.1 Å². The largest absolute Gasteiger partial charge is 0.319 e. The average Bonchev–Trinajstić information content (AvgIpc) is 3.32. The van der Waals surface area contributed by atoms with Crippen molar-refractivity contribution < 1.29 is 0 Å². The molecule has 0 spiro atoms. The molecular formula is C70H30N12. The number of fused-ring (bicyclic) bond motifs is 6. The lowest BCUT2D eigenvalue weighted by molar-refractivity contribution is 1.15. The Hall–Kier alpha value is -13.3. The molecule has 0 radical (unpaired) electrons. The Morgan fingerprint density at radius 2 is 0.695 bits per heavy atom. The summed E-state index contributed by atoms with van der Waals surface area (Å²) in [6, 6.07) is 63.3. The van der Waals surface area contributed by atoms with Crippen molar-refractivity contribution in [2.75, 3.05) is 0 Å². The van der Waals surface area contributed by atoms with Crippen LogP contribution >= 0.6 is 0 Å². The Bertz CT molecular complexity index is 5040. The highest BCUT2D eigenvalue weighted by Crippen LogP contribution is 2.47. The summed E-state index contributed by atoms with van der Waals surface area (Å²) >= 11 is 0. The Morgan fingerprint density at radius 1 is 0.293 bits per heavy atom. The van der Waals surface area contributed by atoms with Gasteiger partial charge in [-0.1, -0.05) is 103 Å². The maximum absolute atomic E-state index is 10.4. The van der Waals surface area contributed by atoms with E-state index in [1.807, 2.05) is 95.6 Å². The maximum Gasteiger partial charge on any atom is 0.212 e. The monoisotopic (exact) mass is 1040 g/mol. The van der Waals surface area contributed by atoms with Crippen molar-refractivity contribution in [3.8, 4) is 91.3 Å². The second-order valence-electron chi connectivity index (χ2n) is 19.1. The van der Waals surface area contributed by atoms with E-state index in [-0.39, 0.29) is 17.1 Å². The minimum atomic E-state index is 0.222. The summed E-state index contributed by atoms with van der Waals surface area (Å²) in [5.41, 5.74) is 13.3. The topological polar surface area (TPSA) is 131 Å². The fourth-order valence-electron chi connectivity index (χ4n) is 11.0. The molecule has 0 amide bonds. The number of benzene rings is 10. The van der Waals surface area contributed by atoms with E-state index in [2.05, 4.69) is 57.9 Å². The minimum absolute atomic E-state index is 0.222. The van der Waals surface area contributed by atoms with Crippen LogP contribution in [0.1, 0.15) is 22.3 Å². The summed E-state index contributed by atoms with van der Waals surface area (Å²) in [5.74, 6) is 0. The highest BCUT2D eigenvalue weighted by Gasteiger charge is 2.25. The molecule has 0 N–H and O–H groups in total. The summed E-state index contributed by atoms with van der Waals surface area (Å²) < 4.78 is 4.07. The lowest BCUT2D eigenvalue weighted by Gasteiger charge is -2.20.